The molecule has 17 nitrogen and oxygen atoms in total. The Morgan fingerprint density at radius 1 is 0.891 bits per heavy atom. The van der Waals surface area contributed by atoms with E-state index in [-0.39, 0.29) is 25.7 Å². The molecule has 0 bridgehead atoms. The van der Waals surface area contributed by atoms with Gasteiger partial charge < -0.3 is 53.7 Å². The molecule has 3 aliphatic heterocycles. The number of Topliss-reactive ketones (excluding diaryl/α,β-unsaturated/α-hetero) is 1. The summed E-state index contributed by atoms with van der Waals surface area (Å²) in [5, 5.41) is 46.4. The number of cyclic esters (lactones) is 1. The number of hydrogen-bond donors (Lipinski definition) is 5. The lowest BCUT2D eigenvalue weighted by molar-refractivity contribution is -0.316. The maximum absolute atomic E-state index is 14.2. The molecule has 322 valence electrons. The summed E-state index contributed by atoms with van der Waals surface area (Å²) < 4.78 is 76.3. The lowest BCUT2D eigenvalue weighted by Gasteiger charge is -2.49. The Kier molecular flexibility index (Phi) is 15.9. The van der Waals surface area contributed by atoms with Crippen molar-refractivity contribution in [3.05, 3.63) is 0 Å². The molecule has 0 aromatic rings. The van der Waals surface area contributed by atoms with E-state index in [1.807, 2.05) is 0 Å². The lowest BCUT2D eigenvalue weighted by Crippen LogP contribution is -2.61. The largest absolute Gasteiger partial charge is 0.459 e. The van der Waals surface area contributed by atoms with Gasteiger partial charge in [-0.1, -0.05) is 27.7 Å². The summed E-state index contributed by atoms with van der Waals surface area (Å²) in [7, 11) is -0.227. The van der Waals surface area contributed by atoms with Crippen LogP contribution in [-0.4, -0.2) is 156 Å². The molecule has 3 saturated heterocycles. The van der Waals surface area contributed by atoms with E-state index in [4.69, 9.17) is 32.6 Å². The van der Waals surface area contributed by atoms with Crippen molar-refractivity contribution < 1.29 is 75.6 Å². The molecule has 0 saturated carbocycles. The molecule has 0 unspecified atom stereocenters. The second-order valence-electron chi connectivity index (χ2n) is 17.0. The molecule has 0 spiro atoms. The summed E-state index contributed by atoms with van der Waals surface area (Å²) in [5.41, 5.74) is -5.15. The number of aliphatic hydroxyl groups excluding tert-OH is 2. The third kappa shape index (κ3) is 11.0. The van der Waals surface area contributed by atoms with E-state index in [9.17, 15) is 43.0 Å². The van der Waals surface area contributed by atoms with Crippen LogP contribution in [0.4, 0.5) is 0 Å². The van der Waals surface area contributed by atoms with Gasteiger partial charge in [-0.2, -0.15) is 8.42 Å². The van der Waals surface area contributed by atoms with Gasteiger partial charge in [0.2, 0.25) is 0 Å². The zero-order valence-electron chi connectivity index (χ0n) is 34.6. The molecule has 3 fully saturated rings. The molecule has 0 aromatic carbocycles. The molecular weight excluding hydrogens is 746 g/mol. The van der Waals surface area contributed by atoms with Gasteiger partial charge in [0.05, 0.1) is 47.6 Å². The van der Waals surface area contributed by atoms with Crippen LogP contribution in [0, 0.1) is 23.7 Å². The summed E-state index contributed by atoms with van der Waals surface area (Å²) in [4.78, 5) is 29.7. The van der Waals surface area contributed by atoms with E-state index in [1.165, 1.54) is 34.8 Å². The monoisotopic (exact) mass is 813 g/mol. The fourth-order valence-electron chi connectivity index (χ4n) is 8.64. The van der Waals surface area contributed by atoms with Gasteiger partial charge in [0.1, 0.15) is 29.7 Å². The average Bonchev–Trinajstić information content (AvgIpc) is 3.08. The third-order valence-electron chi connectivity index (χ3n) is 12.0. The predicted molar refractivity (Wildman–Crippen MR) is 197 cm³/mol. The SMILES string of the molecule is CC[C@H]1OC(=O)[C@H](C)[C@@H](O[C@H]2C[C@@](C)(OC)[C@@H](O)[C@H](C)O2)[C@H](C)[C@@H](O[C@@H]2O[C@H](C)C[C@H](N(C)C)[C@H]2OS(=O)(=O)O)[C@](C)(O)C[C@@H](C)C(=O)[C@H](C)[C@@H](O)[C@]1(C)O. The van der Waals surface area contributed by atoms with Gasteiger partial charge >= 0.3 is 16.4 Å². The van der Waals surface area contributed by atoms with Gasteiger partial charge in [0.25, 0.3) is 0 Å². The van der Waals surface area contributed by atoms with Gasteiger partial charge in [0, 0.05) is 37.3 Å². The van der Waals surface area contributed by atoms with Crippen LogP contribution in [0.25, 0.3) is 0 Å². The molecule has 3 aliphatic rings. The highest BCUT2D eigenvalue weighted by atomic mass is 32.3. The summed E-state index contributed by atoms with van der Waals surface area (Å²) in [6, 6.07) is -0.660. The summed E-state index contributed by atoms with van der Waals surface area (Å²) in [6.07, 6.45) is -11.8. The number of carbonyl (C=O) groups is 2. The van der Waals surface area contributed by atoms with Crippen LogP contribution in [0.3, 0.4) is 0 Å². The summed E-state index contributed by atoms with van der Waals surface area (Å²) >= 11 is 0. The summed E-state index contributed by atoms with van der Waals surface area (Å²) in [6.45, 7) is 15.6. The number of esters is 1. The number of rotatable bonds is 9. The van der Waals surface area contributed by atoms with E-state index >= 15 is 0 Å². The number of carbonyl (C=O) groups excluding carboxylic acids is 2. The smallest absolute Gasteiger partial charge is 0.397 e. The van der Waals surface area contributed by atoms with Crippen molar-refractivity contribution in [2.24, 2.45) is 23.7 Å². The highest BCUT2D eigenvalue weighted by Gasteiger charge is 2.54. The van der Waals surface area contributed by atoms with Crippen LogP contribution in [0.1, 0.15) is 94.9 Å². The van der Waals surface area contributed by atoms with E-state index in [2.05, 4.69) is 0 Å². The topological polar surface area (TPSA) is 237 Å². The van der Waals surface area contributed by atoms with Gasteiger partial charge in [0.15, 0.2) is 12.6 Å². The molecule has 0 aromatic heterocycles. The zero-order chi connectivity index (χ0) is 42.2. The van der Waals surface area contributed by atoms with Crippen LogP contribution < -0.4 is 0 Å². The van der Waals surface area contributed by atoms with Crippen molar-refractivity contribution in [3.63, 3.8) is 0 Å². The molecule has 0 amide bonds. The Labute approximate surface area is 326 Å². The number of ether oxygens (including phenoxy) is 6. The quantitative estimate of drug-likeness (QED) is 0.164. The standard InChI is InChI=1S/C37H67NO16S/c1-14-25-37(10,44)30(40)20(4)27(39)18(2)16-35(8,43)32(53-34-29(54-55(45,46)47)24(38(11)12)15-19(3)49-34)21(5)28(22(6)33(42)51-25)52-26-17-36(9,48-13)31(41)23(7)50-26/h18-26,28-32,34,40-41,43-44H,14-17H2,1-13H3,(H,45,46,47)/t18-,19-,20+,21+,22-,23+,24+,25-,26+,28+,29-,30-,31+,32-,34+,35-,36-,37-/m1/s1. The summed E-state index contributed by atoms with van der Waals surface area (Å²) in [5.74, 6) is -5.63. The molecule has 18 heteroatoms. The molecule has 0 radical (unpaired) electrons. The second kappa shape index (κ2) is 18.3. The van der Waals surface area contributed by atoms with Crippen molar-refractivity contribution in [1.82, 2.24) is 4.90 Å². The first-order chi connectivity index (χ1) is 25.1. The minimum Gasteiger partial charge on any atom is -0.459 e. The average molecular weight is 814 g/mol. The van der Waals surface area contributed by atoms with E-state index in [1.54, 1.807) is 60.5 Å². The number of ketones is 1. The Hall–Kier alpha value is -1.39. The minimum absolute atomic E-state index is 0.0157. The molecule has 5 N–H and O–H groups in total. The Morgan fingerprint density at radius 3 is 2.02 bits per heavy atom. The highest BCUT2D eigenvalue weighted by molar-refractivity contribution is 7.80. The van der Waals surface area contributed by atoms with Gasteiger partial charge in [-0.15, -0.1) is 0 Å². The number of likely N-dealkylation sites (N-methyl/N-ethyl adjacent to an activating group) is 1. The predicted octanol–water partition coefficient (Wildman–Crippen LogP) is 1.61. The third-order valence-corrected chi connectivity index (χ3v) is 12.5. The van der Waals surface area contributed by atoms with Crippen LogP contribution in [0.5, 0.6) is 0 Å². The Balaban J connectivity index is 2.25. The fourth-order valence-corrected chi connectivity index (χ4v) is 9.14. The van der Waals surface area contributed by atoms with Crippen molar-refractivity contribution in [2.45, 2.75) is 179 Å². The Morgan fingerprint density at radius 2 is 1.49 bits per heavy atom. The molecule has 3 rings (SSSR count). The van der Waals surface area contributed by atoms with Crippen molar-refractivity contribution in [1.29, 1.82) is 0 Å². The number of aliphatic hydroxyl groups is 4. The van der Waals surface area contributed by atoms with Gasteiger partial charge in [-0.25, -0.2) is 4.18 Å². The first kappa shape index (κ1) is 48.0. The van der Waals surface area contributed by atoms with E-state index in [0.717, 1.165) is 0 Å². The van der Waals surface area contributed by atoms with Crippen LogP contribution in [-0.2, 0) is 52.6 Å². The first-order valence-electron chi connectivity index (χ1n) is 19.2. The lowest BCUT2D eigenvalue weighted by atomic mass is 9.74. The molecule has 55 heavy (non-hydrogen) atoms. The fraction of sp³-hybridized carbons (Fsp3) is 0.946. The van der Waals surface area contributed by atoms with Crippen LogP contribution in [0.15, 0.2) is 0 Å². The Bertz CT molecular complexity index is 1410. The van der Waals surface area contributed by atoms with Crippen molar-refractivity contribution in [2.75, 3.05) is 21.2 Å². The number of hydrogen-bond acceptors (Lipinski definition) is 16. The number of nitrogens with zero attached hydrogens (tertiary/aromatic N) is 1. The van der Waals surface area contributed by atoms with Crippen molar-refractivity contribution in [3.8, 4) is 0 Å². The van der Waals surface area contributed by atoms with E-state index < -0.39 is 130 Å². The molecular formula is C37H67NO16S. The molecule has 0 aliphatic carbocycles. The van der Waals surface area contributed by atoms with Gasteiger partial charge in [-0.05, 0) is 74.9 Å². The van der Waals surface area contributed by atoms with E-state index in [0.29, 0.717) is 0 Å². The zero-order valence-corrected chi connectivity index (χ0v) is 35.4. The first-order valence-corrected chi connectivity index (χ1v) is 20.5. The molecule has 3 heterocycles. The minimum atomic E-state index is -5.05. The maximum Gasteiger partial charge on any atom is 0.397 e. The van der Waals surface area contributed by atoms with Crippen molar-refractivity contribution >= 4 is 22.2 Å². The highest BCUT2D eigenvalue weighted by Crippen LogP contribution is 2.41. The second-order valence-corrected chi connectivity index (χ2v) is 18.0. The van der Waals surface area contributed by atoms with Crippen LogP contribution in [0.2, 0.25) is 0 Å². The number of methoxy groups -OCH3 is 1. The van der Waals surface area contributed by atoms with Gasteiger partial charge in [-0.3, -0.25) is 14.1 Å². The normalized spacial score (nSPS) is 47.3. The van der Waals surface area contributed by atoms with Crippen LogP contribution >= 0.6 is 0 Å². The maximum atomic E-state index is 14.2. The molecule has 18 atom stereocenters.